The van der Waals surface area contributed by atoms with E-state index in [2.05, 4.69) is 12.2 Å². The minimum absolute atomic E-state index is 0.398. The van der Waals surface area contributed by atoms with Gasteiger partial charge in [-0.25, -0.2) is 0 Å². The van der Waals surface area contributed by atoms with Crippen LogP contribution in [-0.4, -0.2) is 19.8 Å². The number of rotatable bonds is 6. The Morgan fingerprint density at radius 2 is 2.12 bits per heavy atom. The van der Waals surface area contributed by atoms with Crippen molar-refractivity contribution in [1.29, 1.82) is 0 Å². The van der Waals surface area contributed by atoms with E-state index in [1.807, 2.05) is 12.1 Å². The Balaban J connectivity index is 2.44. The molecular weight excluding hydrogens is 245 g/mol. The first-order chi connectivity index (χ1) is 7.63. The summed E-state index contributed by atoms with van der Waals surface area (Å²) >= 11 is 12.0. The van der Waals surface area contributed by atoms with E-state index in [0.29, 0.717) is 11.1 Å². The lowest BCUT2D eigenvalue weighted by Crippen LogP contribution is -2.26. The Morgan fingerprint density at radius 3 is 2.81 bits per heavy atom. The van der Waals surface area contributed by atoms with Crippen LogP contribution >= 0.6 is 23.2 Å². The third kappa shape index (κ3) is 4.71. The molecule has 1 aromatic rings. The van der Waals surface area contributed by atoms with E-state index in [0.717, 1.165) is 30.2 Å². The zero-order valence-electron chi connectivity index (χ0n) is 9.59. The molecule has 4 heteroatoms. The molecule has 1 atom stereocenters. The van der Waals surface area contributed by atoms with Crippen molar-refractivity contribution in [2.75, 3.05) is 13.7 Å². The number of hydrogen-bond acceptors (Lipinski definition) is 2. The van der Waals surface area contributed by atoms with Gasteiger partial charge in [0.05, 0.1) is 0 Å². The molecule has 0 aliphatic carbocycles. The number of ether oxygens (including phenoxy) is 1. The Bertz CT molecular complexity index is 331. The predicted molar refractivity (Wildman–Crippen MR) is 69.3 cm³/mol. The van der Waals surface area contributed by atoms with Crippen molar-refractivity contribution in [3.63, 3.8) is 0 Å². The van der Waals surface area contributed by atoms with Crippen LogP contribution < -0.4 is 5.32 Å². The third-order valence-corrected chi connectivity index (χ3v) is 3.01. The first-order valence-corrected chi connectivity index (χ1v) is 6.05. The number of nitrogens with one attached hydrogen (secondary N) is 1. The van der Waals surface area contributed by atoms with Crippen LogP contribution in [-0.2, 0) is 11.3 Å². The summed E-state index contributed by atoms with van der Waals surface area (Å²) < 4.78 is 5.02. The maximum atomic E-state index is 6.06. The molecule has 1 unspecified atom stereocenters. The van der Waals surface area contributed by atoms with Crippen molar-refractivity contribution < 1.29 is 4.74 Å². The van der Waals surface area contributed by atoms with Crippen molar-refractivity contribution in [1.82, 2.24) is 5.32 Å². The fraction of sp³-hybridized carbons (Fsp3) is 0.500. The Hall–Kier alpha value is -0.280. The maximum Gasteiger partial charge on any atom is 0.0476 e. The first-order valence-electron chi connectivity index (χ1n) is 5.29. The normalized spacial score (nSPS) is 12.8. The molecule has 2 nitrogen and oxygen atoms in total. The van der Waals surface area contributed by atoms with Gasteiger partial charge in [0.2, 0.25) is 0 Å². The highest BCUT2D eigenvalue weighted by Gasteiger charge is 2.04. The summed E-state index contributed by atoms with van der Waals surface area (Å²) in [4.78, 5) is 0. The minimum Gasteiger partial charge on any atom is -0.385 e. The molecule has 16 heavy (non-hydrogen) atoms. The molecule has 0 saturated carbocycles. The van der Waals surface area contributed by atoms with Crippen molar-refractivity contribution in [3.8, 4) is 0 Å². The van der Waals surface area contributed by atoms with Crippen LogP contribution in [0.4, 0.5) is 0 Å². The highest BCUT2D eigenvalue weighted by molar-refractivity contribution is 6.33. The minimum atomic E-state index is 0.398. The zero-order chi connectivity index (χ0) is 12.0. The van der Waals surface area contributed by atoms with Crippen LogP contribution in [0.1, 0.15) is 18.9 Å². The molecule has 0 saturated heterocycles. The van der Waals surface area contributed by atoms with Gasteiger partial charge in [-0.2, -0.15) is 0 Å². The van der Waals surface area contributed by atoms with E-state index < -0.39 is 0 Å². The quantitative estimate of drug-likeness (QED) is 0.847. The number of methoxy groups -OCH3 is 1. The molecule has 0 heterocycles. The molecule has 0 bridgehead atoms. The maximum absolute atomic E-state index is 6.06. The van der Waals surface area contributed by atoms with Crippen molar-refractivity contribution in [2.24, 2.45) is 0 Å². The summed E-state index contributed by atoms with van der Waals surface area (Å²) in [5, 5.41) is 4.84. The summed E-state index contributed by atoms with van der Waals surface area (Å²) in [6, 6.07) is 5.90. The van der Waals surface area contributed by atoms with Crippen LogP contribution in [0.25, 0.3) is 0 Å². The Morgan fingerprint density at radius 1 is 1.38 bits per heavy atom. The second-order valence-corrected chi connectivity index (χ2v) is 4.64. The number of hydrogen-bond donors (Lipinski definition) is 1. The predicted octanol–water partition coefficient (Wildman–Crippen LogP) is 3.51. The standard InChI is InChI=1S/C12H17Cl2NO/c1-9(5-6-16-2)15-8-10-7-11(13)3-4-12(10)14/h3-4,7,9,15H,5-6,8H2,1-2H3. The van der Waals surface area contributed by atoms with Gasteiger partial charge in [-0.3, -0.25) is 0 Å². The molecule has 0 aliphatic rings. The van der Waals surface area contributed by atoms with Gasteiger partial charge in [0, 0.05) is 36.3 Å². The van der Waals surface area contributed by atoms with Crippen LogP contribution in [0.3, 0.4) is 0 Å². The van der Waals surface area contributed by atoms with E-state index in [1.54, 1.807) is 13.2 Å². The molecule has 0 fully saturated rings. The van der Waals surface area contributed by atoms with Gasteiger partial charge in [-0.1, -0.05) is 23.2 Å². The molecule has 1 rings (SSSR count). The van der Waals surface area contributed by atoms with Crippen molar-refractivity contribution in [3.05, 3.63) is 33.8 Å². The van der Waals surface area contributed by atoms with E-state index in [-0.39, 0.29) is 0 Å². The van der Waals surface area contributed by atoms with Gasteiger partial charge >= 0.3 is 0 Å². The summed E-state index contributed by atoms with van der Waals surface area (Å²) in [5.41, 5.74) is 1.03. The Labute approximate surface area is 107 Å². The highest BCUT2D eigenvalue weighted by Crippen LogP contribution is 2.20. The number of halogens is 2. The van der Waals surface area contributed by atoms with E-state index in [4.69, 9.17) is 27.9 Å². The monoisotopic (exact) mass is 261 g/mol. The summed E-state index contributed by atoms with van der Waals surface area (Å²) in [6.07, 6.45) is 0.981. The fourth-order valence-electron chi connectivity index (χ4n) is 1.36. The zero-order valence-corrected chi connectivity index (χ0v) is 11.1. The molecule has 0 spiro atoms. The first kappa shape index (κ1) is 13.8. The van der Waals surface area contributed by atoms with Crippen LogP contribution in [0.15, 0.2) is 18.2 Å². The second kappa shape index (κ2) is 7.13. The van der Waals surface area contributed by atoms with Gasteiger partial charge in [-0.15, -0.1) is 0 Å². The van der Waals surface area contributed by atoms with Crippen LogP contribution in [0.2, 0.25) is 10.0 Å². The molecule has 0 aromatic heterocycles. The molecule has 90 valence electrons. The molecule has 1 aromatic carbocycles. The highest BCUT2D eigenvalue weighted by atomic mass is 35.5. The largest absolute Gasteiger partial charge is 0.385 e. The Kier molecular flexibility index (Phi) is 6.14. The summed E-state index contributed by atoms with van der Waals surface area (Å²) in [5.74, 6) is 0. The van der Waals surface area contributed by atoms with E-state index in [9.17, 15) is 0 Å². The molecule has 1 N–H and O–H groups in total. The fourth-order valence-corrected chi connectivity index (χ4v) is 1.74. The summed E-state index contributed by atoms with van der Waals surface area (Å²) in [6.45, 7) is 3.61. The lowest BCUT2D eigenvalue weighted by Gasteiger charge is -2.14. The van der Waals surface area contributed by atoms with Gasteiger partial charge in [0.25, 0.3) is 0 Å². The van der Waals surface area contributed by atoms with Gasteiger partial charge in [-0.05, 0) is 37.1 Å². The van der Waals surface area contributed by atoms with Crippen LogP contribution in [0, 0.1) is 0 Å². The molecule has 0 amide bonds. The summed E-state index contributed by atoms with van der Waals surface area (Å²) in [7, 11) is 1.71. The molecular formula is C12H17Cl2NO. The van der Waals surface area contributed by atoms with E-state index >= 15 is 0 Å². The van der Waals surface area contributed by atoms with Crippen LogP contribution in [0.5, 0.6) is 0 Å². The molecule has 0 radical (unpaired) electrons. The third-order valence-electron chi connectivity index (χ3n) is 2.40. The van der Waals surface area contributed by atoms with Gasteiger partial charge < -0.3 is 10.1 Å². The van der Waals surface area contributed by atoms with Gasteiger partial charge in [0.1, 0.15) is 0 Å². The van der Waals surface area contributed by atoms with Crippen molar-refractivity contribution in [2.45, 2.75) is 25.9 Å². The lowest BCUT2D eigenvalue weighted by molar-refractivity contribution is 0.184. The second-order valence-electron chi connectivity index (χ2n) is 3.80. The average molecular weight is 262 g/mol. The SMILES string of the molecule is COCCC(C)NCc1cc(Cl)ccc1Cl. The molecule has 0 aliphatic heterocycles. The van der Waals surface area contributed by atoms with Gasteiger partial charge in [0.15, 0.2) is 0 Å². The smallest absolute Gasteiger partial charge is 0.0476 e. The number of benzene rings is 1. The van der Waals surface area contributed by atoms with E-state index in [1.165, 1.54) is 0 Å². The van der Waals surface area contributed by atoms with Crippen molar-refractivity contribution >= 4 is 23.2 Å². The topological polar surface area (TPSA) is 21.3 Å². The average Bonchev–Trinajstić information content (AvgIpc) is 2.27. The lowest BCUT2D eigenvalue weighted by atomic mass is 10.2.